The monoisotopic (exact) mass is 481 g/mol. The lowest BCUT2D eigenvalue weighted by Gasteiger charge is -2.42. The van der Waals surface area contributed by atoms with E-state index in [1.807, 2.05) is 0 Å². The van der Waals surface area contributed by atoms with Gasteiger partial charge in [-0.25, -0.2) is 17.6 Å². The summed E-state index contributed by atoms with van der Waals surface area (Å²) in [5.41, 5.74) is -1.26. The number of ether oxygens (including phenoxy) is 2. The second kappa shape index (κ2) is 9.78. The highest BCUT2D eigenvalue weighted by Gasteiger charge is 2.44. The zero-order valence-electron chi connectivity index (χ0n) is 18.2. The number of unbranched alkanes of at least 4 members (excludes halogenated alkanes) is 2. The Hall–Kier alpha value is -2.50. The molecule has 2 aliphatic rings. The minimum atomic E-state index is -3.63. The molecule has 2 N–H and O–H groups in total. The third-order valence-electron chi connectivity index (χ3n) is 5.91. The average Bonchev–Trinajstić information content (AvgIpc) is 3.56. The summed E-state index contributed by atoms with van der Waals surface area (Å²) in [5, 5.41) is 0. The second-order valence-electron chi connectivity index (χ2n) is 8.76. The van der Waals surface area contributed by atoms with Crippen LogP contribution in [0.3, 0.4) is 0 Å². The van der Waals surface area contributed by atoms with Crippen molar-refractivity contribution in [2.24, 2.45) is 5.92 Å². The van der Waals surface area contributed by atoms with Crippen LogP contribution in [0.4, 0.5) is 4.39 Å². The quantitative estimate of drug-likeness (QED) is 0.443. The summed E-state index contributed by atoms with van der Waals surface area (Å²) >= 11 is 0. The fraction of sp³-hybridized carbons (Fsp3) is 0.545. The minimum absolute atomic E-state index is 0.0818. The van der Waals surface area contributed by atoms with Crippen LogP contribution in [0.1, 0.15) is 37.7 Å². The van der Waals surface area contributed by atoms with E-state index in [-0.39, 0.29) is 24.7 Å². The molecule has 0 radical (unpaired) electrons. The van der Waals surface area contributed by atoms with Gasteiger partial charge in [0.05, 0.1) is 25.6 Å². The number of rotatable bonds is 12. The molecule has 180 valence electrons. The van der Waals surface area contributed by atoms with Crippen LogP contribution in [0.2, 0.25) is 0 Å². The lowest BCUT2D eigenvalue weighted by molar-refractivity contribution is -0.0665. The number of hydrogen-bond donors (Lipinski definition) is 2. The van der Waals surface area contributed by atoms with Gasteiger partial charge in [-0.3, -0.25) is 9.78 Å². The Bertz CT molecular complexity index is 1200. The van der Waals surface area contributed by atoms with Gasteiger partial charge in [0.1, 0.15) is 5.54 Å². The zero-order chi connectivity index (χ0) is 23.5. The zero-order valence-corrected chi connectivity index (χ0v) is 19.0. The molecule has 2 aromatic rings. The van der Waals surface area contributed by atoms with E-state index in [1.54, 1.807) is 12.1 Å². The van der Waals surface area contributed by atoms with E-state index >= 15 is 0 Å². The molecule has 4 rings (SSSR count). The van der Waals surface area contributed by atoms with Crippen LogP contribution in [0.15, 0.2) is 40.1 Å². The first kappa shape index (κ1) is 23.7. The van der Waals surface area contributed by atoms with Gasteiger partial charge in [0.25, 0.3) is 5.56 Å². The van der Waals surface area contributed by atoms with Crippen molar-refractivity contribution >= 4 is 10.0 Å². The molecule has 2 fully saturated rings. The first-order chi connectivity index (χ1) is 15.8. The summed E-state index contributed by atoms with van der Waals surface area (Å²) in [5.74, 6) is 0.0404. The number of nitrogens with zero attached hydrogens (tertiary/aromatic N) is 1. The SMILES string of the molecule is O=c1ccn(CCCCCS(=O)(=O)NC2(c3ccc(F)c(OCC4CC4)c3)COC2)c(=O)[nH]1. The first-order valence-electron chi connectivity index (χ1n) is 11.1. The van der Waals surface area contributed by atoms with Gasteiger partial charge in [-0.15, -0.1) is 0 Å². The second-order valence-corrected chi connectivity index (χ2v) is 10.6. The van der Waals surface area contributed by atoms with Crippen LogP contribution in [0.5, 0.6) is 5.75 Å². The maximum absolute atomic E-state index is 14.2. The summed E-state index contributed by atoms with van der Waals surface area (Å²) in [6.45, 7) is 1.17. The number of aromatic amines is 1. The molecule has 11 heteroatoms. The molecule has 1 aromatic carbocycles. The standard InChI is InChI=1S/C22H28FN3O6S/c23-18-7-6-17(12-19(18)32-13-16-4-5-16)22(14-31-15-22)25-33(29,30)11-3-1-2-9-26-10-8-20(27)24-21(26)28/h6-8,10,12,16,25H,1-5,9,11,13-15H2,(H,24,27,28). The van der Waals surface area contributed by atoms with Crippen LogP contribution in [-0.2, 0) is 26.8 Å². The van der Waals surface area contributed by atoms with Gasteiger partial charge >= 0.3 is 5.69 Å². The Morgan fingerprint density at radius 3 is 2.64 bits per heavy atom. The fourth-order valence-electron chi connectivity index (χ4n) is 3.71. The van der Waals surface area contributed by atoms with Gasteiger partial charge in [-0.2, -0.15) is 4.72 Å². The molecule has 1 saturated carbocycles. The van der Waals surface area contributed by atoms with Crippen molar-refractivity contribution in [2.75, 3.05) is 25.6 Å². The number of hydrogen-bond acceptors (Lipinski definition) is 6. The van der Waals surface area contributed by atoms with Gasteiger partial charge in [-0.1, -0.05) is 12.5 Å². The summed E-state index contributed by atoms with van der Waals surface area (Å²) in [4.78, 5) is 25.0. The Labute approximate surface area is 191 Å². The maximum Gasteiger partial charge on any atom is 0.328 e. The molecule has 2 heterocycles. The van der Waals surface area contributed by atoms with Crippen molar-refractivity contribution in [3.63, 3.8) is 0 Å². The Balaban J connectivity index is 1.31. The van der Waals surface area contributed by atoms with Gasteiger partial charge in [-0.05, 0) is 49.3 Å². The van der Waals surface area contributed by atoms with Crippen LogP contribution >= 0.6 is 0 Å². The fourth-order valence-corrected chi connectivity index (χ4v) is 5.23. The molecule has 1 saturated heterocycles. The molecule has 1 aliphatic carbocycles. The summed E-state index contributed by atoms with van der Waals surface area (Å²) in [6.07, 6.45) is 5.18. The lowest BCUT2D eigenvalue weighted by atomic mass is 9.89. The Morgan fingerprint density at radius 1 is 1.18 bits per heavy atom. The number of benzene rings is 1. The molecule has 9 nitrogen and oxygen atoms in total. The van der Waals surface area contributed by atoms with E-state index < -0.39 is 32.6 Å². The third-order valence-corrected chi connectivity index (χ3v) is 7.44. The molecule has 33 heavy (non-hydrogen) atoms. The smallest absolute Gasteiger partial charge is 0.328 e. The predicted octanol–water partition coefficient (Wildman–Crippen LogP) is 1.48. The van der Waals surface area contributed by atoms with E-state index in [0.29, 0.717) is 43.9 Å². The van der Waals surface area contributed by atoms with Crippen LogP contribution in [-0.4, -0.2) is 43.5 Å². The molecular weight excluding hydrogens is 453 g/mol. The normalized spacial score (nSPS) is 17.5. The number of sulfonamides is 1. The predicted molar refractivity (Wildman–Crippen MR) is 119 cm³/mol. The molecule has 1 aromatic heterocycles. The van der Waals surface area contributed by atoms with Gasteiger partial charge in [0.2, 0.25) is 10.0 Å². The molecule has 0 unspecified atom stereocenters. The highest BCUT2D eigenvalue weighted by molar-refractivity contribution is 7.89. The Morgan fingerprint density at radius 2 is 1.97 bits per heavy atom. The Kier molecular flexibility index (Phi) is 7.01. The van der Waals surface area contributed by atoms with E-state index in [2.05, 4.69) is 9.71 Å². The lowest BCUT2D eigenvalue weighted by Crippen LogP contribution is -2.59. The number of halogens is 1. The van der Waals surface area contributed by atoms with Crippen LogP contribution in [0, 0.1) is 11.7 Å². The summed E-state index contributed by atoms with van der Waals surface area (Å²) in [7, 11) is -3.63. The minimum Gasteiger partial charge on any atom is -0.490 e. The topological polar surface area (TPSA) is 119 Å². The average molecular weight is 482 g/mol. The molecule has 0 atom stereocenters. The summed E-state index contributed by atoms with van der Waals surface area (Å²) < 4.78 is 54.7. The van der Waals surface area contributed by atoms with Gasteiger partial charge in [0.15, 0.2) is 11.6 Å². The largest absolute Gasteiger partial charge is 0.490 e. The third kappa shape index (κ3) is 6.10. The van der Waals surface area contributed by atoms with Gasteiger partial charge < -0.3 is 14.0 Å². The number of aromatic nitrogens is 2. The summed E-state index contributed by atoms with van der Waals surface area (Å²) in [6, 6.07) is 5.69. The van der Waals surface area contributed by atoms with Crippen molar-refractivity contribution < 1.29 is 22.3 Å². The van der Waals surface area contributed by atoms with Crippen LogP contribution in [0.25, 0.3) is 0 Å². The van der Waals surface area contributed by atoms with Crippen molar-refractivity contribution in [3.8, 4) is 5.75 Å². The van der Waals surface area contributed by atoms with Gasteiger partial charge in [0, 0.05) is 18.8 Å². The maximum atomic E-state index is 14.2. The molecule has 0 bridgehead atoms. The highest BCUT2D eigenvalue weighted by atomic mass is 32.2. The number of nitrogens with one attached hydrogen (secondary N) is 2. The van der Waals surface area contributed by atoms with Crippen molar-refractivity contribution in [2.45, 2.75) is 44.2 Å². The number of H-pyrrole nitrogens is 1. The van der Waals surface area contributed by atoms with E-state index in [0.717, 1.165) is 12.8 Å². The molecule has 1 aliphatic heterocycles. The van der Waals surface area contributed by atoms with Crippen LogP contribution < -0.4 is 20.7 Å². The number of aryl methyl sites for hydroxylation is 1. The molecular formula is C22H28FN3O6S. The van der Waals surface area contributed by atoms with E-state index in [4.69, 9.17) is 9.47 Å². The highest BCUT2D eigenvalue weighted by Crippen LogP contribution is 2.35. The van der Waals surface area contributed by atoms with E-state index in [1.165, 1.54) is 22.9 Å². The van der Waals surface area contributed by atoms with Crippen molar-refractivity contribution in [3.05, 3.63) is 62.7 Å². The van der Waals surface area contributed by atoms with Crippen molar-refractivity contribution in [1.82, 2.24) is 14.3 Å². The van der Waals surface area contributed by atoms with E-state index in [9.17, 15) is 22.4 Å². The first-order valence-corrected chi connectivity index (χ1v) is 12.7. The van der Waals surface area contributed by atoms with Crippen molar-refractivity contribution in [1.29, 1.82) is 0 Å². The molecule has 0 amide bonds. The molecule has 0 spiro atoms.